The number of anilines is 1. The van der Waals surface area contributed by atoms with Crippen LogP contribution in [0.2, 0.25) is 0 Å². The summed E-state index contributed by atoms with van der Waals surface area (Å²) >= 11 is 0. The van der Waals surface area contributed by atoms with Crippen LogP contribution >= 0.6 is 0 Å². The number of carboxylic acid groups (broad SMARTS) is 1. The molecule has 0 aliphatic carbocycles. The van der Waals surface area contributed by atoms with E-state index < -0.39 is 6.09 Å². The molecule has 2 heterocycles. The van der Waals surface area contributed by atoms with E-state index in [1.54, 1.807) is 6.20 Å². The molecule has 1 fully saturated rings. The smallest absolute Gasteiger partial charge is 0.407 e. The van der Waals surface area contributed by atoms with Crippen molar-refractivity contribution in [2.24, 2.45) is 0 Å². The first kappa shape index (κ1) is 12.7. The topological polar surface area (TPSA) is 56.7 Å². The third-order valence-electron chi connectivity index (χ3n) is 3.98. The van der Waals surface area contributed by atoms with Crippen molar-refractivity contribution < 1.29 is 9.90 Å². The highest BCUT2D eigenvalue weighted by Crippen LogP contribution is 2.24. The van der Waals surface area contributed by atoms with Crippen LogP contribution in [-0.4, -0.2) is 47.3 Å². The van der Waals surface area contributed by atoms with Crippen LogP contribution in [0.15, 0.2) is 36.5 Å². The molecule has 1 amide bonds. The molecule has 104 valence electrons. The zero-order valence-electron chi connectivity index (χ0n) is 11.4. The molecule has 3 rings (SSSR count). The van der Waals surface area contributed by atoms with E-state index in [9.17, 15) is 4.79 Å². The third kappa shape index (κ3) is 2.27. The fourth-order valence-electron chi connectivity index (χ4n) is 2.72. The molecule has 0 radical (unpaired) electrons. The number of likely N-dealkylation sites (N-methyl/N-ethyl adjacent to an activating group) is 1. The number of fused-ring (bicyclic) bond motifs is 1. The molecule has 5 heteroatoms. The summed E-state index contributed by atoms with van der Waals surface area (Å²) in [4.78, 5) is 19.0. The SMILES string of the molecule is CN(c1ccc2cccnc2c1)C1CCN(C(=O)O)C1. The Balaban J connectivity index is 1.82. The lowest BCUT2D eigenvalue weighted by molar-refractivity contribution is 0.155. The summed E-state index contributed by atoms with van der Waals surface area (Å²) in [5.41, 5.74) is 2.04. The first-order valence-corrected chi connectivity index (χ1v) is 6.70. The van der Waals surface area contributed by atoms with Crippen LogP contribution in [0.5, 0.6) is 0 Å². The van der Waals surface area contributed by atoms with Gasteiger partial charge in [0.15, 0.2) is 0 Å². The molecule has 0 saturated carbocycles. The van der Waals surface area contributed by atoms with Gasteiger partial charge in [0.25, 0.3) is 0 Å². The number of hydrogen-bond donors (Lipinski definition) is 1. The van der Waals surface area contributed by atoms with Crippen LogP contribution in [0, 0.1) is 0 Å². The van der Waals surface area contributed by atoms with Crippen molar-refractivity contribution in [2.75, 3.05) is 25.0 Å². The van der Waals surface area contributed by atoms with Crippen molar-refractivity contribution in [3.8, 4) is 0 Å². The fourth-order valence-corrected chi connectivity index (χ4v) is 2.72. The van der Waals surface area contributed by atoms with Crippen molar-refractivity contribution in [2.45, 2.75) is 12.5 Å². The van der Waals surface area contributed by atoms with Crippen molar-refractivity contribution >= 4 is 22.7 Å². The van der Waals surface area contributed by atoms with Gasteiger partial charge in [0.05, 0.1) is 5.52 Å². The normalized spacial score (nSPS) is 18.4. The number of amides is 1. The molecule has 1 aromatic carbocycles. The molecule has 1 aromatic heterocycles. The Morgan fingerprint density at radius 3 is 3.05 bits per heavy atom. The van der Waals surface area contributed by atoms with Crippen LogP contribution < -0.4 is 4.90 Å². The molecular weight excluding hydrogens is 254 g/mol. The van der Waals surface area contributed by atoms with Crippen molar-refractivity contribution in [1.82, 2.24) is 9.88 Å². The summed E-state index contributed by atoms with van der Waals surface area (Å²) in [6.45, 7) is 1.17. The van der Waals surface area contributed by atoms with Crippen LogP contribution in [0.25, 0.3) is 10.9 Å². The van der Waals surface area contributed by atoms with Gasteiger partial charge in [0, 0.05) is 43.4 Å². The van der Waals surface area contributed by atoms with E-state index in [2.05, 4.69) is 28.1 Å². The number of aromatic nitrogens is 1. The van der Waals surface area contributed by atoms with Gasteiger partial charge in [-0.05, 0) is 24.6 Å². The van der Waals surface area contributed by atoms with E-state index in [1.807, 2.05) is 19.2 Å². The predicted octanol–water partition coefficient (Wildman–Crippen LogP) is 2.42. The number of likely N-dealkylation sites (tertiary alicyclic amines) is 1. The van der Waals surface area contributed by atoms with Crippen LogP contribution in [0.1, 0.15) is 6.42 Å². The van der Waals surface area contributed by atoms with Gasteiger partial charge >= 0.3 is 6.09 Å². The maximum absolute atomic E-state index is 11.0. The predicted molar refractivity (Wildman–Crippen MR) is 78.1 cm³/mol. The molecule has 0 bridgehead atoms. The van der Waals surface area contributed by atoms with Gasteiger partial charge < -0.3 is 14.9 Å². The highest BCUT2D eigenvalue weighted by molar-refractivity contribution is 5.82. The zero-order valence-corrected chi connectivity index (χ0v) is 11.4. The highest BCUT2D eigenvalue weighted by atomic mass is 16.4. The standard InChI is InChI=1S/C15H17N3O2/c1-17(13-6-8-18(10-13)15(19)20)12-5-4-11-3-2-7-16-14(11)9-12/h2-5,7,9,13H,6,8,10H2,1H3,(H,19,20). The molecule has 1 unspecified atom stereocenters. The first-order valence-electron chi connectivity index (χ1n) is 6.70. The van der Waals surface area contributed by atoms with Gasteiger partial charge in [-0.25, -0.2) is 4.79 Å². The largest absolute Gasteiger partial charge is 0.465 e. The minimum atomic E-state index is -0.832. The van der Waals surface area contributed by atoms with E-state index in [-0.39, 0.29) is 6.04 Å². The number of carbonyl (C=O) groups is 1. The van der Waals surface area contributed by atoms with E-state index in [4.69, 9.17) is 5.11 Å². The van der Waals surface area contributed by atoms with Gasteiger partial charge in [0.2, 0.25) is 0 Å². The second-order valence-corrected chi connectivity index (χ2v) is 5.16. The number of hydrogen-bond acceptors (Lipinski definition) is 3. The fraction of sp³-hybridized carbons (Fsp3) is 0.333. The maximum Gasteiger partial charge on any atom is 0.407 e. The Morgan fingerprint density at radius 1 is 1.45 bits per heavy atom. The molecule has 2 aromatic rings. The Hall–Kier alpha value is -2.30. The Labute approximate surface area is 117 Å². The van der Waals surface area contributed by atoms with Crippen molar-refractivity contribution in [3.05, 3.63) is 36.5 Å². The lowest BCUT2D eigenvalue weighted by Crippen LogP contribution is -2.36. The minimum absolute atomic E-state index is 0.229. The van der Waals surface area contributed by atoms with Crippen LogP contribution in [-0.2, 0) is 0 Å². The summed E-state index contributed by atoms with van der Waals surface area (Å²) in [7, 11) is 2.01. The molecule has 20 heavy (non-hydrogen) atoms. The van der Waals surface area contributed by atoms with Crippen molar-refractivity contribution in [3.63, 3.8) is 0 Å². The molecule has 1 atom stereocenters. The second kappa shape index (κ2) is 5.00. The van der Waals surface area contributed by atoms with Gasteiger partial charge in [-0.3, -0.25) is 4.98 Å². The van der Waals surface area contributed by atoms with Crippen LogP contribution in [0.4, 0.5) is 10.5 Å². The van der Waals surface area contributed by atoms with Crippen molar-refractivity contribution in [1.29, 1.82) is 0 Å². The van der Waals surface area contributed by atoms with Gasteiger partial charge in [-0.2, -0.15) is 0 Å². The Kier molecular flexibility index (Phi) is 3.18. The van der Waals surface area contributed by atoms with E-state index >= 15 is 0 Å². The van der Waals surface area contributed by atoms with Crippen LogP contribution in [0.3, 0.4) is 0 Å². The third-order valence-corrected chi connectivity index (χ3v) is 3.98. The summed E-state index contributed by atoms with van der Waals surface area (Å²) in [6.07, 6.45) is 1.82. The molecule has 1 N–H and O–H groups in total. The average molecular weight is 271 g/mol. The number of pyridine rings is 1. The van der Waals surface area contributed by atoms with Gasteiger partial charge in [0.1, 0.15) is 0 Å². The minimum Gasteiger partial charge on any atom is -0.465 e. The molecule has 1 saturated heterocycles. The van der Waals surface area contributed by atoms with E-state index in [0.29, 0.717) is 13.1 Å². The van der Waals surface area contributed by atoms with Gasteiger partial charge in [-0.15, -0.1) is 0 Å². The molecule has 1 aliphatic heterocycles. The number of rotatable bonds is 2. The molecular formula is C15H17N3O2. The highest BCUT2D eigenvalue weighted by Gasteiger charge is 2.28. The van der Waals surface area contributed by atoms with E-state index in [1.165, 1.54) is 4.90 Å². The summed E-state index contributed by atoms with van der Waals surface area (Å²) in [5.74, 6) is 0. The zero-order chi connectivity index (χ0) is 14.1. The molecule has 1 aliphatic rings. The summed E-state index contributed by atoms with van der Waals surface area (Å²) < 4.78 is 0. The quantitative estimate of drug-likeness (QED) is 0.911. The monoisotopic (exact) mass is 271 g/mol. The Morgan fingerprint density at radius 2 is 2.30 bits per heavy atom. The lowest BCUT2D eigenvalue weighted by Gasteiger charge is -2.26. The average Bonchev–Trinajstić information content (AvgIpc) is 2.96. The first-order chi connectivity index (χ1) is 9.65. The second-order valence-electron chi connectivity index (χ2n) is 5.16. The van der Waals surface area contributed by atoms with E-state index in [0.717, 1.165) is 23.0 Å². The lowest BCUT2D eigenvalue weighted by atomic mass is 10.1. The number of nitrogens with zero attached hydrogens (tertiary/aromatic N) is 3. The molecule has 0 spiro atoms. The summed E-state index contributed by atoms with van der Waals surface area (Å²) in [6, 6.07) is 10.4. The maximum atomic E-state index is 11.0. The number of benzene rings is 1. The molecule has 5 nitrogen and oxygen atoms in total. The Bertz CT molecular complexity index is 644. The summed E-state index contributed by atoms with van der Waals surface area (Å²) in [5, 5.41) is 10.1. The van der Waals surface area contributed by atoms with Gasteiger partial charge in [-0.1, -0.05) is 12.1 Å².